The molecule has 0 saturated carbocycles. The monoisotopic (exact) mass is 414 g/mol. The van der Waals surface area contributed by atoms with Crippen molar-refractivity contribution in [1.82, 2.24) is 9.88 Å². The minimum absolute atomic E-state index is 0.0390. The number of benzene rings is 1. The summed E-state index contributed by atoms with van der Waals surface area (Å²) in [6, 6.07) is 9.69. The highest BCUT2D eigenvalue weighted by Crippen LogP contribution is 2.31. The van der Waals surface area contributed by atoms with Crippen LogP contribution >= 0.6 is 11.8 Å². The third kappa shape index (κ3) is 4.45. The van der Waals surface area contributed by atoms with Crippen LogP contribution in [-0.4, -0.2) is 59.5 Å². The molecule has 0 N–H and O–H groups in total. The first-order chi connectivity index (χ1) is 13.9. The van der Waals surface area contributed by atoms with Crippen LogP contribution in [0, 0.1) is 0 Å². The van der Waals surface area contributed by atoms with Gasteiger partial charge in [-0.25, -0.2) is 9.78 Å². The molecule has 29 heavy (non-hydrogen) atoms. The van der Waals surface area contributed by atoms with E-state index in [-0.39, 0.29) is 28.8 Å². The molecule has 1 unspecified atom stereocenters. The lowest BCUT2D eigenvalue weighted by atomic mass is 10.1. The van der Waals surface area contributed by atoms with Crippen molar-refractivity contribution < 1.29 is 28.7 Å². The Hall–Kier alpha value is -3.20. The number of aromatic nitrogens is 1. The third-order valence-electron chi connectivity index (χ3n) is 4.33. The second kappa shape index (κ2) is 8.87. The second-order valence-electron chi connectivity index (χ2n) is 6.16. The number of para-hydroxylation sites is 1. The van der Waals surface area contributed by atoms with Crippen molar-refractivity contribution in [3.8, 4) is 5.75 Å². The van der Waals surface area contributed by atoms with Gasteiger partial charge in [-0.3, -0.25) is 19.3 Å². The quantitative estimate of drug-likeness (QED) is 0.385. The van der Waals surface area contributed by atoms with Gasteiger partial charge in [0.2, 0.25) is 17.6 Å². The molecule has 3 rings (SSSR count). The van der Waals surface area contributed by atoms with E-state index in [1.807, 2.05) is 0 Å². The highest BCUT2D eigenvalue weighted by Gasteiger charge is 2.37. The fourth-order valence-electron chi connectivity index (χ4n) is 2.75. The number of ketones is 1. The number of carbonyl (C=O) groups excluding carboxylic acids is 4. The standard InChI is InChI=1S/C20H18N2O6S/c1-22-17(24)10-16(19(22)25)29-18-13(7-5-9-21-18)20(26)28-11-14(23)12-6-3-4-8-15(12)27-2/h3-9,16H,10-11H2,1-2H3. The number of methoxy groups -OCH3 is 1. The molecule has 2 aromatic rings. The molecule has 0 spiro atoms. The van der Waals surface area contributed by atoms with Crippen molar-refractivity contribution in [1.29, 1.82) is 0 Å². The molecule has 1 saturated heterocycles. The molecule has 1 aromatic heterocycles. The molecule has 0 radical (unpaired) electrons. The van der Waals surface area contributed by atoms with Gasteiger partial charge in [-0.1, -0.05) is 23.9 Å². The summed E-state index contributed by atoms with van der Waals surface area (Å²) < 4.78 is 10.3. The zero-order valence-electron chi connectivity index (χ0n) is 15.8. The van der Waals surface area contributed by atoms with Crippen molar-refractivity contribution in [3.63, 3.8) is 0 Å². The number of hydrogen-bond donors (Lipinski definition) is 0. The summed E-state index contributed by atoms with van der Waals surface area (Å²) in [5.74, 6) is -1.38. The maximum Gasteiger partial charge on any atom is 0.341 e. The van der Waals surface area contributed by atoms with E-state index in [0.29, 0.717) is 11.3 Å². The molecule has 1 aromatic carbocycles. The molecule has 1 aliphatic heterocycles. The van der Waals surface area contributed by atoms with Crippen LogP contribution in [0.25, 0.3) is 0 Å². The van der Waals surface area contributed by atoms with Gasteiger partial charge < -0.3 is 9.47 Å². The van der Waals surface area contributed by atoms with E-state index in [2.05, 4.69) is 4.98 Å². The lowest BCUT2D eigenvalue weighted by Gasteiger charge is -2.11. The SMILES string of the molecule is COc1ccccc1C(=O)COC(=O)c1cccnc1SC1CC(=O)N(C)C1=O. The molecule has 0 aliphatic carbocycles. The molecule has 1 aliphatic rings. The van der Waals surface area contributed by atoms with Crippen LogP contribution < -0.4 is 4.74 Å². The molecule has 0 bridgehead atoms. The van der Waals surface area contributed by atoms with Crippen LogP contribution in [0.2, 0.25) is 0 Å². The van der Waals surface area contributed by atoms with Crippen molar-refractivity contribution >= 4 is 35.3 Å². The van der Waals surface area contributed by atoms with Crippen LogP contribution in [-0.2, 0) is 14.3 Å². The predicted molar refractivity (Wildman–Crippen MR) is 104 cm³/mol. The zero-order valence-corrected chi connectivity index (χ0v) is 16.6. The highest BCUT2D eigenvalue weighted by molar-refractivity contribution is 8.00. The maximum absolute atomic E-state index is 12.5. The fourth-order valence-corrected chi connectivity index (χ4v) is 3.90. The Bertz CT molecular complexity index is 977. The van der Waals surface area contributed by atoms with Gasteiger partial charge in [0, 0.05) is 19.7 Å². The number of ether oxygens (including phenoxy) is 2. The van der Waals surface area contributed by atoms with Gasteiger partial charge in [0.05, 0.1) is 23.5 Å². The number of esters is 1. The number of imide groups is 1. The number of rotatable bonds is 7. The van der Waals surface area contributed by atoms with Crippen molar-refractivity contribution in [2.24, 2.45) is 0 Å². The summed E-state index contributed by atoms with van der Waals surface area (Å²) in [6.45, 7) is -0.470. The second-order valence-corrected chi connectivity index (χ2v) is 7.35. The number of likely N-dealkylation sites (tertiary alicyclic amines) is 1. The molecular formula is C20H18N2O6S. The number of nitrogens with zero attached hydrogens (tertiary/aromatic N) is 2. The van der Waals surface area contributed by atoms with E-state index in [4.69, 9.17) is 9.47 Å². The van der Waals surface area contributed by atoms with Gasteiger partial charge in [0.15, 0.2) is 6.61 Å². The summed E-state index contributed by atoms with van der Waals surface area (Å²) >= 11 is 1.03. The van der Waals surface area contributed by atoms with Gasteiger partial charge in [0.25, 0.3) is 0 Å². The number of thioether (sulfide) groups is 1. The van der Waals surface area contributed by atoms with Gasteiger partial charge in [-0.05, 0) is 24.3 Å². The average Bonchev–Trinajstić information content (AvgIpc) is 2.98. The number of hydrogen-bond acceptors (Lipinski definition) is 8. The first-order valence-corrected chi connectivity index (χ1v) is 9.55. The summed E-state index contributed by atoms with van der Waals surface area (Å²) in [4.78, 5) is 53.9. The molecule has 150 valence electrons. The normalized spacial score (nSPS) is 16.1. The first kappa shape index (κ1) is 20.5. The van der Waals surface area contributed by atoms with Crippen molar-refractivity contribution in [3.05, 3.63) is 53.7 Å². The van der Waals surface area contributed by atoms with Crippen molar-refractivity contribution in [2.45, 2.75) is 16.7 Å². The van der Waals surface area contributed by atoms with Crippen LogP contribution in [0.1, 0.15) is 27.1 Å². The Labute approximate surface area is 171 Å². The van der Waals surface area contributed by atoms with E-state index in [1.165, 1.54) is 26.4 Å². The lowest BCUT2D eigenvalue weighted by Crippen LogP contribution is -2.26. The van der Waals surface area contributed by atoms with Crippen LogP contribution in [0.4, 0.5) is 0 Å². The Kier molecular flexibility index (Phi) is 6.28. The molecular weight excluding hydrogens is 396 g/mol. The topological polar surface area (TPSA) is 103 Å². The zero-order chi connectivity index (χ0) is 21.0. The Morgan fingerprint density at radius 3 is 2.59 bits per heavy atom. The molecule has 2 amide bonds. The summed E-state index contributed by atoms with van der Waals surface area (Å²) in [6.07, 6.45) is 1.52. The van der Waals surface area contributed by atoms with Gasteiger partial charge in [-0.15, -0.1) is 0 Å². The minimum Gasteiger partial charge on any atom is -0.496 e. The Morgan fingerprint density at radius 1 is 1.17 bits per heavy atom. The predicted octanol–water partition coefficient (Wildman–Crippen LogP) is 1.98. The van der Waals surface area contributed by atoms with Crippen LogP contribution in [0.3, 0.4) is 0 Å². The highest BCUT2D eigenvalue weighted by atomic mass is 32.2. The minimum atomic E-state index is -0.742. The number of Topliss-reactive ketones (excluding diaryl/α,β-unsaturated/α-hetero) is 1. The fraction of sp³-hybridized carbons (Fsp3) is 0.250. The smallest absolute Gasteiger partial charge is 0.341 e. The third-order valence-corrected chi connectivity index (χ3v) is 5.53. The van der Waals surface area contributed by atoms with E-state index < -0.39 is 23.6 Å². The molecule has 9 heteroatoms. The summed E-state index contributed by atoms with van der Waals surface area (Å²) in [5, 5.41) is -0.382. The molecule has 8 nitrogen and oxygen atoms in total. The number of amides is 2. The van der Waals surface area contributed by atoms with Crippen molar-refractivity contribution in [2.75, 3.05) is 20.8 Å². The summed E-state index contributed by atoms with van der Waals surface area (Å²) in [5.41, 5.74) is 0.432. The number of pyridine rings is 1. The molecule has 1 fully saturated rings. The summed E-state index contributed by atoms with van der Waals surface area (Å²) in [7, 11) is 2.87. The van der Waals surface area contributed by atoms with Crippen LogP contribution in [0.5, 0.6) is 5.75 Å². The van der Waals surface area contributed by atoms with E-state index in [9.17, 15) is 19.2 Å². The average molecular weight is 414 g/mol. The molecule has 2 heterocycles. The Balaban J connectivity index is 1.70. The first-order valence-electron chi connectivity index (χ1n) is 8.67. The van der Waals surface area contributed by atoms with E-state index in [1.54, 1.807) is 30.3 Å². The van der Waals surface area contributed by atoms with E-state index >= 15 is 0 Å². The van der Waals surface area contributed by atoms with Crippen LogP contribution in [0.15, 0.2) is 47.6 Å². The number of carbonyl (C=O) groups is 4. The maximum atomic E-state index is 12.5. The largest absolute Gasteiger partial charge is 0.496 e. The van der Waals surface area contributed by atoms with Gasteiger partial charge >= 0.3 is 5.97 Å². The van der Waals surface area contributed by atoms with Gasteiger partial charge in [-0.2, -0.15) is 0 Å². The molecule has 1 atom stereocenters. The lowest BCUT2D eigenvalue weighted by molar-refractivity contribution is -0.136. The van der Waals surface area contributed by atoms with E-state index in [0.717, 1.165) is 16.7 Å². The van der Waals surface area contributed by atoms with Gasteiger partial charge in [0.1, 0.15) is 10.8 Å². The Morgan fingerprint density at radius 2 is 1.90 bits per heavy atom.